The van der Waals surface area contributed by atoms with E-state index in [9.17, 15) is 0 Å². The Labute approximate surface area is 122 Å². The summed E-state index contributed by atoms with van der Waals surface area (Å²) < 4.78 is 3.99. The monoisotopic (exact) mass is 280 g/mol. The van der Waals surface area contributed by atoms with Crippen LogP contribution in [0.25, 0.3) is 11.3 Å². The first kappa shape index (κ1) is 12.1. The molecule has 0 unspecified atom stereocenters. The van der Waals surface area contributed by atoms with Crippen LogP contribution in [0.5, 0.6) is 0 Å². The second-order valence-corrected chi connectivity index (χ2v) is 5.15. The smallest absolute Gasteiger partial charge is 0.0951 e. The molecule has 0 bridgehead atoms. The highest BCUT2D eigenvalue weighted by molar-refractivity contribution is 5.79. The van der Waals surface area contributed by atoms with E-state index in [1.807, 2.05) is 23.4 Å². The van der Waals surface area contributed by atoms with E-state index in [1.54, 1.807) is 6.20 Å². The van der Waals surface area contributed by atoms with Gasteiger partial charge in [-0.2, -0.15) is 0 Å². The molecule has 1 aliphatic heterocycles. The van der Waals surface area contributed by atoms with Crippen molar-refractivity contribution in [2.45, 2.75) is 19.5 Å². The Kier molecular flexibility index (Phi) is 2.92. The van der Waals surface area contributed by atoms with Gasteiger partial charge in [-0.05, 0) is 12.0 Å². The molecule has 1 N–H and O–H groups in total. The minimum absolute atomic E-state index is 0.784. The summed E-state index contributed by atoms with van der Waals surface area (Å²) in [5, 5.41) is 11.3. The zero-order chi connectivity index (χ0) is 14.1. The van der Waals surface area contributed by atoms with Crippen LogP contribution >= 0.6 is 0 Å². The van der Waals surface area contributed by atoms with E-state index in [2.05, 4.69) is 43.4 Å². The number of aryl methyl sites for hydroxylation is 2. The van der Waals surface area contributed by atoms with Crippen molar-refractivity contribution in [3.05, 3.63) is 48.7 Å². The molecule has 0 fully saturated rings. The van der Waals surface area contributed by atoms with E-state index in [1.165, 1.54) is 16.8 Å². The molecule has 1 aliphatic rings. The Balaban J connectivity index is 1.65. The van der Waals surface area contributed by atoms with Gasteiger partial charge in [0.2, 0.25) is 0 Å². The molecule has 0 spiro atoms. The Hall–Kier alpha value is -2.63. The molecule has 3 aromatic rings. The zero-order valence-electron chi connectivity index (χ0n) is 11.6. The molecule has 6 heteroatoms. The Bertz CT molecular complexity index is 743. The second-order valence-electron chi connectivity index (χ2n) is 5.15. The summed E-state index contributed by atoms with van der Waals surface area (Å²) in [6.45, 7) is 2.62. The van der Waals surface area contributed by atoms with Gasteiger partial charge in [0.15, 0.2) is 0 Å². The number of benzene rings is 1. The van der Waals surface area contributed by atoms with Crippen LogP contribution in [0.3, 0.4) is 0 Å². The summed E-state index contributed by atoms with van der Waals surface area (Å²) in [5.74, 6) is 0. The van der Waals surface area contributed by atoms with E-state index in [0.717, 1.165) is 31.7 Å². The van der Waals surface area contributed by atoms with Gasteiger partial charge in [-0.3, -0.25) is 4.68 Å². The normalized spacial score (nSPS) is 13.1. The third kappa shape index (κ3) is 2.18. The largest absolute Gasteiger partial charge is 0.384 e. The quantitative estimate of drug-likeness (QED) is 0.792. The van der Waals surface area contributed by atoms with Crippen LogP contribution in [0.1, 0.15) is 5.56 Å². The van der Waals surface area contributed by atoms with Crippen molar-refractivity contribution in [2.75, 3.05) is 11.9 Å². The van der Waals surface area contributed by atoms with Crippen LogP contribution in [-0.4, -0.2) is 31.1 Å². The van der Waals surface area contributed by atoms with Crippen molar-refractivity contribution >= 4 is 5.69 Å². The third-order valence-electron chi connectivity index (χ3n) is 3.88. The summed E-state index contributed by atoms with van der Waals surface area (Å²) in [5.41, 5.74) is 5.00. The minimum atomic E-state index is 0.784. The van der Waals surface area contributed by atoms with Crippen LogP contribution in [0.2, 0.25) is 0 Å². The molecule has 0 amide bonds. The van der Waals surface area contributed by atoms with E-state index < -0.39 is 0 Å². The Morgan fingerprint density at radius 2 is 2.24 bits per heavy atom. The first-order valence-corrected chi connectivity index (χ1v) is 7.12. The van der Waals surface area contributed by atoms with Crippen LogP contribution in [0, 0.1) is 0 Å². The SMILES string of the molecule is c1cc2c(c(-c3cncn3CCn3ccnn3)c1)NCC2. The van der Waals surface area contributed by atoms with Crippen molar-refractivity contribution < 1.29 is 0 Å². The van der Waals surface area contributed by atoms with Gasteiger partial charge in [0.1, 0.15) is 0 Å². The lowest BCUT2D eigenvalue weighted by Crippen LogP contribution is -2.08. The van der Waals surface area contributed by atoms with Crippen LogP contribution in [-0.2, 0) is 19.5 Å². The lowest BCUT2D eigenvalue weighted by molar-refractivity contribution is 0.521. The average molecular weight is 280 g/mol. The number of rotatable bonds is 4. The van der Waals surface area contributed by atoms with Gasteiger partial charge < -0.3 is 9.88 Å². The fourth-order valence-electron chi connectivity index (χ4n) is 2.84. The zero-order valence-corrected chi connectivity index (χ0v) is 11.6. The van der Waals surface area contributed by atoms with Gasteiger partial charge >= 0.3 is 0 Å². The summed E-state index contributed by atoms with van der Waals surface area (Å²) in [6, 6.07) is 6.46. The van der Waals surface area contributed by atoms with E-state index in [4.69, 9.17) is 0 Å². The number of nitrogens with zero attached hydrogens (tertiary/aromatic N) is 5. The molecule has 1 aromatic carbocycles. The maximum Gasteiger partial charge on any atom is 0.0951 e. The minimum Gasteiger partial charge on any atom is -0.384 e. The van der Waals surface area contributed by atoms with Crippen LogP contribution < -0.4 is 5.32 Å². The third-order valence-corrected chi connectivity index (χ3v) is 3.88. The number of para-hydroxylation sites is 1. The molecule has 0 saturated heterocycles. The van der Waals surface area contributed by atoms with Crippen molar-refractivity contribution in [1.82, 2.24) is 24.5 Å². The first-order valence-electron chi connectivity index (χ1n) is 7.12. The fraction of sp³-hybridized carbons (Fsp3) is 0.267. The lowest BCUT2D eigenvalue weighted by atomic mass is 10.1. The molecule has 4 rings (SSSR count). The molecule has 0 radical (unpaired) electrons. The lowest BCUT2D eigenvalue weighted by Gasteiger charge is -2.12. The Morgan fingerprint density at radius 3 is 3.14 bits per heavy atom. The maximum absolute atomic E-state index is 4.31. The van der Waals surface area contributed by atoms with Crippen molar-refractivity contribution in [3.8, 4) is 11.3 Å². The predicted octanol–water partition coefficient (Wildman–Crippen LogP) is 1.81. The van der Waals surface area contributed by atoms with Gasteiger partial charge in [0.25, 0.3) is 0 Å². The van der Waals surface area contributed by atoms with Gasteiger partial charge in [-0.1, -0.05) is 23.4 Å². The maximum atomic E-state index is 4.31. The molecule has 3 heterocycles. The first-order chi connectivity index (χ1) is 10.4. The van der Waals surface area contributed by atoms with Crippen molar-refractivity contribution in [3.63, 3.8) is 0 Å². The van der Waals surface area contributed by atoms with Gasteiger partial charge in [0.05, 0.1) is 31.0 Å². The highest BCUT2D eigenvalue weighted by Gasteiger charge is 2.17. The van der Waals surface area contributed by atoms with E-state index in [-0.39, 0.29) is 0 Å². The number of aromatic nitrogens is 5. The summed E-state index contributed by atoms with van der Waals surface area (Å²) in [6.07, 6.45) is 8.47. The second kappa shape index (κ2) is 5.05. The highest BCUT2D eigenvalue weighted by Crippen LogP contribution is 2.34. The van der Waals surface area contributed by atoms with Crippen LogP contribution in [0.15, 0.2) is 43.1 Å². The topological polar surface area (TPSA) is 60.6 Å². The average Bonchev–Trinajstić information content (AvgIpc) is 3.25. The van der Waals surface area contributed by atoms with Crippen molar-refractivity contribution in [1.29, 1.82) is 0 Å². The standard InChI is InChI=1S/C15H16N6/c1-2-12-4-5-17-15(12)13(3-1)14-10-16-11-20(14)8-9-21-7-6-18-19-21/h1-3,6-7,10-11,17H,4-5,8-9H2. The number of imidazole rings is 1. The Morgan fingerprint density at radius 1 is 1.24 bits per heavy atom. The van der Waals surface area contributed by atoms with Gasteiger partial charge in [-0.15, -0.1) is 5.10 Å². The number of hydrogen-bond acceptors (Lipinski definition) is 4. The van der Waals surface area contributed by atoms with E-state index >= 15 is 0 Å². The van der Waals surface area contributed by atoms with Crippen LogP contribution in [0.4, 0.5) is 5.69 Å². The molecule has 106 valence electrons. The van der Waals surface area contributed by atoms with E-state index in [0.29, 0.717) is 0 Å². The fourth-order valence-corrected chi connectivity index (χ4v) is 2.84. The van der Waals surface area contributed by atoms with Crippen molar-refractivity contribution in [2.24, 2.45) is 0 Å². The molecular formula is C15H16N6. The molecule has 2 aromatic heterocycles. The number of nitrogens with one attached hydrogen (secondary N) is 1. The molecule has 6 nitrogen and oxygen atoms in total. The summed E-state index contributed by atoms with van der Waals surface area (Å²) in [7, 11) is 0. The predicted molar refractivity (Wildman–Crippen MR) is 79.9 cm³/mol. The molecule has 0 atom stereocenters. The van der Waals surface area contributed by atoms with Gasteiger partial charge in [0, 0.05) is 30.5 Å². The molecule has 0 saturated carbocycles. The number of hydrogen-bond donors (Lipinski definition) is 1. The molecule has 21 heavy (non-hydrogen) atoms. The number of anilines is 1. The molecule has 0 aliphatic carbocycles. The number of fused-ring (bicyclic) bond motifs is 1. The molecular weight excluding hydrogens is 264 g/mol. The highest BCUT2D eigenvalue weighted by atomic mass is 15.4. The summed E-state index contributed by atoms with van der Waals surface area (Å²) >= 11 is 0. The van der Waals surface area contributed by atoms with Gasteiger partial charge in [-0.25, -0.2) is 4.98 Å². The summed E-state index contributed by atoms with van der Waals surface area (Å²) in [4.78, 5) is 4.31.